The molecular formula is C14H22N6O2+2. The number of hydroxylamine groups is 1. The lowest BCUT2D eigenvalue weighted by atomic mass is 9.81. The van der Waals surface area contributed by atoms with Crippen molar-refractivity contribution in [2.75, 3.05) is 11.5 Å². The van der Waals surface area contributed by atoms with Gasteiger partial charge in [0.2, 0.25) is 12.0 Å². The van der Waals surface area contributed by atoms with Gasteiger partial charge in [-0.1, -0.05) is 29.9 Å². The Hall–Kier alpha value is -2.03. The minimum atomic E-state index is -0.793. The van der Waals surface area contributed by atoms with Gasteiger partial charge in [-0.15, -0.1) is 0 Å². The molecule has 0 amide bonds. The van der Waals surface area contributed by atoms with Gasteiger partial charge in [0.1, 0.15) is 0 Å². The highest BCUT2D eigenvalue weighted by Crippen LogP contribution is 2.52. The maximum Gasteiger partial charge on any atom is 0.383 e. The van der Waals surface area contributed by atoms with E-state index in [1.165, 1.54) is 0 Å². The summed E-state index contributed by atoms with van der Waals surface area (Å²) in [5.74, 6) is 0.191. The number of rotatable bonds is 1. The van der Waals surface area contributed by atoms with E-state index in [0.717, 1.165) is 16.0 Å². The molecular weight excluding hydrogens is 284 g/mol. The molecule has 1 aromatic carbocycles. The molecule has 1 saturated heterocycles. The van der Waals surface area contributed by atoms with Crippen LogP contribution in [0.25, 0.3) is 0 Å². The van der Waals surface area contributed by atoms with Gasteiger partial charge in [0.15, 0.2) is 6.04 Å². The van der Waals surface area contributed by atoms with Crippen LogP contribution in [0.3, 0.4) is 0 Å². The number of benzene rings is 1. The molecule has 0 bridgehead atoms. The molecule has 0 saturated carbocycles. The minimum Gasteiger partial charge on any atom is -0.395 e. The first kappa shape index (κ1) is 13.6. The molecule has 3 aliphatic heterocycles. The number of fused-ring (bicyclic) bond motifs is 2. The van der Waals surface area contributed by atoms with Crippen molar-refractivity contribution in [3.8, 4) is 0 Å². The van der Waals surface area contributed by atoms with Gasteiger partial charge in [-0.2, -0.15) is 0 Å². The number of nitrogens with zero attached hydrogens (tertiary/aromatic N) is 2. The Morgan fingerprint density at radius 3 is 2.91 bits per heavy atom. The van der Waals surface area contributed by atoms with E-state index < -0.39 is 5.66 Å². The Morgan fingerprint density at radius 2 is 2.18 bits per heavy atom. The maximum atomic E-state index is 10.8. The van der Waals surface area contributed by atoms with Gasteiger partial charge >= 0.3 is 5.96 Å². The highest BCUT2D eigenvalue weighted by molar-refractivity contribution is 5.77. The Bertz CT molecular complexity index is 664. The van der Waals surface area contributed by atoms with Crippen LogP contribution in [0.2, 0.25) is 0 Å². The Morgan fingerprint density at radius 1 is 1.45 bits per heavy atom. The van der Waals surface area contributed by atoms with E-state index in [-0.39, 0.29) is 36.9 Å². The number of aliphatic hydroxyl groups is 1. The molecule has 0 radical (unpaired) electrons. The van der Waals surface area contributed by atoms with Crippen molar-refractivity contribution in [3.05, 3.63) is 29.8 Å². The molecule has 5 unspecified atom stereocenters. The predicted molar refractivity (Wildman–Crippen MR) is 78.9 cm³/mol. The summed E-state index contributed by atoms with van der Waals surface area (Å²) in [6.07, 6.45) is -0.290. The first-order valence-electron chi connectivity index (χ1n) is 7.49. The number of para-hydroxylation sites is 1. The van der Waals surface area contributed by atoms with Gasteiger partial charge in [-0.25, -0.2) is 5.32 Å². The van der Waals surface area contributed by atoms with Crippen molar-refractivity contribution in [3.63, 3.8) is 0 Å². The second-order valence-electron chi connectivity index (χ2n) is 6.22. The number of guanidine groups is 1. The van der Waals surface area contributed by atoms with Crippen LogP contribution in [0, 0.1) is 0 Å². The van der Waals surface area contributed by atoms with Crippen LogP contribution in [0.5, 0.6) is 0 Å². The zero-order chi connectivity index (χ0) is 15.6. The molecule has 5 atom stereocenters. The SMILES string of the molecule is CC1c2ccccc2N2C([NH3+])NC(CO)C3NC(N)=[N+](O)C132. The average Bonchev–Trinajstić information content (AvgIpc) is 2.94. The molecule has 0 aliphatic carbocycles. The zero-order valence-electron chi connectivity index (χ0n) is 12.4. The van der Waals surface area contributed by atoms with Crippen LogP contribution < -0.4 is 27.0 Å². The van der Waals surface area contributed by atoms with Crippen LogP contribution in [-0.4, -0.2) is 51.7 Å². The number of nitrogens with two attached hydrogens (primary N) is 1. The first-order chi connectivity index (χ1) is 10.5. The van der Waals surface area contributed by atoms with Crippen molar-refractivity contribution in [1.82, 2.24) is 10.6 Å². The van der Waals surface area contributed by atoms with E-state index in [1.807, 2.05) is 18.2 Å². The van der Waals surface area contributed by atoms with Gasteiger partial charge in [0, 0.05) is 5.92 Å². The van der Waals surface area contributed by atoms with Gasteiger partial charge in [-0.3, -0.25) is 16.0 Å². The molecule has 118 valence electrons. The van der Waals surface area contributed by atoms with E-state index in [1.54, 1.807) is 0 Å². The third-order valence-corrected chi connectivity index (χ3v) is 5.33. The first-order valence-corrected chi connectivity index (χ1v) is 7.49. The van der Waals surface area contributed by atoms with Gasteiger partial charge < -0.3 is 16.0 Å². The third-order valence-electron chi connectivity index (χ3n) is 5.33. The van der Waals surface area contributed by atoms with E-state index in [2.05, 4.69) is 34.3 Å². The van der Waals surface area contributed by atoms with Crippen LogP contribution in [0.15, 0.2) is 24.3 Å². The summed E-state index contributed by atoms with van der Waals surface area (Å²) in [5.41, 5.74) is 11.5. The van der Waals surface area contributed by atoms with E-state index in [4.69, 9.17) is 5.73 Å². The summed E-state index contributed by atoms with van der Waals surface area (Å²) < 4.78 is 1.12. The third kappa shape index (κ3) is 1.31. The lowest BCUT2D eigenvalue weighted by Crippen LogP contribution is -2.88. The lowest BCUT2D eigenvalue weighted by molar-refractivity contribution is -0.827. The van der Waals surface area contributed by atoms with Crippen molar-refractivity contribution >= 4 is 11.6 Å². The Labute approximate surface area is 128 Å². The fraction of sp³-hybridized carbons (Fsp3) is 0.500. The van der Waals surface area contributed by atoms with Crippen molar-refractivity contribution < 1.29 is 20.8 Å². The molecule has 3 heterocycles. The molecule has 1 spiro atoms. The quantitative estimate of drug-likeness (QED) is 0.251. The van der Waals surface area contributed by atoms with Crippen molar-refractivity contribution in [2.24, 2.45) is 5.73 Å². The summed E-state index contributed by atoms with van der Waals surface area (Å²) >= 11 is 0. The fourth-order valence-electron chi connectivity index (χ4n) is 4.45. The smallest absolute Gasteiger partial charge is 0.383 e. The maximum absolute atomic E-state index is 10.8. The van der Waals surface area contributed by atoms with Gasteiger partial charge in [0.05, 0.1) is 18.3 Å². The highest BCUT2D eigenvalue weighted by atomic mass is 16.5. The summed E-state index contributed by atoms with van der Waals surface area (Å²) in [6, 6.07) is 7.54. The molecule has 1 fully saturated rings. The second-order valence-corrected chi connectivity index (χ2v) is 6.22. The number of hydrogen-bond acceptors (Lipinski definition) is 6. The van der Waals surface area contributed by atoms with Crippen LogP contribution >= 0.6 is 0 Å². The molecule has 22 heavy (non-hydrogen) atoms. The van der Waals surface area contributed by atoms with Crippen LogP contribution in [0.4, 0.5) is 5.69 Å². The van der Waals surface area contributed by atoms with Gasteiger partial charge in [0.25, 0.3) is 0 Å². The molecule has 1 aromatic rings. The van der Waals surface area contributed by atoms with Gasteiger partial charge in [-0.05, 0) is 11.6 Å². The largest absolute Gasteiger partial charge is 0.395 e. The highest BCUT2D eigenvalue weighted by Gasteiger charge is 2.71. The summed E-state index contributed by atoms with van der Waals surface area (Å²) in [4.78, 5) is 2.07. The van der Waals surface area contributed by atoms with E-state index in [9.17, 15) is 10.3 Å². The predicted octanol–water partition coefficient (Wildman–Crippen LogP) is -2.52. The minimum absolute atomic E-state index is 0.00681. The number of nitrogens with one attached hydrogen (secondary N) is 2. The molecule has 9 N–H and O–H groups in total. The van der Waals surface area contributed by atoms with E-state index in [0.29, 0.717) is 0 Å². The van der Waals surface area contributed by atoms with Crippen molar-refractivity contribution in [1.29, 1.82) is 0 Å². The Kier molecular flexibility index (Phi) is 2.63. The monoisotopic (exact) mass is 306 g/mol. The standard InChI is InChI=1S/C14H20N6O2/c1-7-8-4-2-3-5-10(8)19-12(15)17-9(6-21)11-14(7,19)20(22)13(16)18-11/h2-5,7,9,11-12,17,21-22H,6,15H2,1H3,(H2,16,18)/p+2. The zero-order valence-corrected chi connectivity index (χ0v) is 12.4. The second kappa shape index (κ2) is 4.25. The molecule has 0 aromatic heterocycles. The van der Waals surface area contributed by atoms with Crippen LogP contribution in [0.1, 0.15) is 18.4 Å². The van der Waals surface area contributed by atoms with E-state index >= 15 is 0 Å². The molecule has 4 rings (SSSR count). The Balaban J connectivity index is 1.98. The fourth-order valence-corrected chi connectivity index (χ4v) is 4.45. The molecule has 8 heteroatoms. The topological polar surface area (TPSA) is 124 Å². The average molecular weight is 306 g/mol. The summed E-state index contributed by atoms with van der Waals surface area (Å²) in [7, 11) is 0. The summed E-state index contributed by atoms with van der Waals surface area (Å²) in [5, 5.41) is 26.9. The summed E-state index contributed by atoms with van der Waals surface area (Å²) in [6.45, 7) is 2.01. The van der Waals surface area contributed by atoms with Crippen molar-refractivity contribution in [2.45, 2.75) is 36.9 Å². The number of quaternary nitrogens is 1. The number of hydrogen-bond donors (Lipinski definition) is 6. The molecule has 8 nitrogen and oxygen atoms in total. The lowest BCUT2D eigenvalue weighted by Gasteiger charge is -2.48. The number of aliphatic hydroxyl groups excluding tert-OH is 1. The number of anilines is 1. The normalized spacial score (nSPS) is 39.3. The van der Waals surface area contributed by atoms with Crippen LogP contribution in [-0.2, 0) is 0 Å². The molecule has 3 aliphatic rings.